The van der Waals surface area contributed by atoms with Gasteiger partial charge in [-0.1, -0.05) is 30.3 Å². The predicted molar refractivity (Wildman–Crippen MR) is 85.3 cm³/mol. The molecule has 1 aromatic carbocycles. The largest absolute Gasteiger partial charge is 0.445 e. The summed E-state index contributed by atoms with van der Waals surface area (Å²) >= 11 is 0. The van der Waals surface area contributed by atoms with Crippen molar-refractivity contribution >= 4 is 6.09 Å². The van der Waals surface area contributed by atoms with Crippen LogP contribution in [0.15, 0.2) is 30.3 Å². The molecule has 2 aliphatic heterocycles. The van der Waals surface area contributed by atoms with Crippen molar-refractivity contribution in [1.82, 2.24) is 5.32 Å². The van der Waals surface area contributed by atoms with Gasteiger partial charge in [0.2, 0.25) is 0 Å². The van der Waals surface area contributed by atoms with E-state index < -0.39 is 49.1 Å². The first-order valence-corrected chi connectivity index (χ1v) is 8.17. The van der Waals surface area contributed by atoms with Gasteiger partial charge >= 0.3 is 6.09 Å². The Kier molecular flexibility index (Phi) is 5.26. The first-order valence-electron chi connectivity index (χ1n) is 8.17. The van der Waals surface area contributed by atoms with Crippen LogP contribution < -0.4 is 5.32 Å². The standard InChI is InChI=1S/C17H23NO7/c1-17(2)24-14-12(13(11(20)8-19)23-15(14)25-17)18-16(21)22-9-10-6-4-3-5-7-10/h3-7,11-15,19-20H,8-9H2,1-2H3,(H,18,21)/t11-,12-,13-,14-,15-/m1/s1. The average Bonchev–Trinajstić information content (AvgIpc) is 3.06. The molecule has 5 atom stereocenters. The highest BCUT2D eigenvalue weighted by Gasteiger charge is 2.56. The highest BCUT2D eigenvalue weighted by molar-refractivity contribution is 5.68. The first-order chi connectivity index (χ1) is 11.9. The summed E-state index contributed by atoms with van der Waals surface area (Å²) in [5.74, 6) is -0.863. The summed E-state index contributed by atoms with van der Waals surface area (Å²) in [6.45, 7) is 3.07. The van der Waals surface area contributed by atoms with Crippen LogP contribution in [0.1, 0.15) is 19.4 Å². The van der Waals surface area contributed by atoms with Gasteiger partial charge in [-0.05, 0) is 19.4 Å². The van der Waals surface area contributed by atoms with Crippen molar-refractivity contribution in [3.8, 4) is 0 Å². The second-order valence-electron chi connectivity index (χ2n) is 6.55. The summed E-state index contributed by atoms with van der Waals surface area (Å²) in [6, 6.07) is 8.56. The maximum Gasteiger partial charge on any atom is 0.407 e. The van der Waals surface area contributed by atoms with Gasteiger partial charge in [0.1, 0.15) is 24.9 Å². The van der Waals surface area contributed by atoms with E-state index in [0.717, 1.165) is 5.56 Å². The summed E-state index contributed by atoms with van der Waals surface area (Å²) in [7, 11) is 0. The molecule has 25 heavy (non-hydrogen) atoms. The molecular formula is C17H23NO7. The number of aliphatic hydroxyl groups is 2. The molecular weight excluding hydrogens is 330 g/mol. The number of fused-ring (bicyclic) bond motifs is 1. The number of nitrogens with one attached hydrogen (secondary N) is 1. The van der Waals surface area contributed by atoms with E-state index in [9.17, 15) is 15.0 Å². The van der Waals surface area contributed by atoms with Crippen molar-refractivity contribution in [1.29, 1.82) is 0 Å². The fraction of sp³-hybridized carbons (Fsp3) is 0.588. The van der Waals surface area contributed by atoms with Crippen molar-refractivity contribution < 1.29 is 34.0 Å². The summed E-state index contributed by atoms with van der Waals surface area (Å²) < 4.78 is 22.2. The molecule has 2 saturated heterocycles. The van der Waals surface area contributed by atoms with Gasteiger partial charge in [0.15, 0.2) is 12.1 Å². The van der Waals surface area contributed by atoms with Gasteiger partial charge in [0, 0.05) is 0 Å². The molecule has 2 aliphatic rings. The maximum atomic E-state index is 12.1. The van der Waals surface area contributed by atoms with Crippen LogP contribution in [0.2, 0.25) is 0 Å². The molecule has 2 heterocycles. The van der Waals surface area contributed by atoms with E-state index in [4.69, 9.17) is 18.9 Å². The number of ether oxygens (including phenoxy) is 4. The van der Waals surface area contributed by atoms with Crippen LogP contribution in [-0.2, 0) is 25.6 Å². The van der Waals surface area contributed by atoms with Crippen LogP contribution in [-0.4, -0.2) is 59.3 Å². The van der Waals surface area contributed by atoms with Gasteiger partial charge < -0.3 is 34.5 Å². The number of carbonyl (C=O) groups excluding carboxylic acids is 1. The van der Waals surface area contributed by atoms with Crippen molar-refractivity contribution in [2.24, 2.45) is 0 Å². The number of hydrogen-bond donors (Lipinski definition) is 3. The molecule has 0 aromatic heterocycles. The SMILES string of the molecule is CC1(C)O[C@H]2O[C@H]([C@H](O)CO)[C@@H](NC(=O)OCc3ccccc3)[C@H]2O1. The summed E-state index contributed by atoms with van der Waals surface area (Å²) in [4.78, 5) is 12.1. The van der Waals surface area contributed by atoms with E-state index in [2.05, 4.69) is 5.32 Å². The highest BCUT2D eigenvalue weighted by atomic mass is 16.8. The van der Waals surface area contributed by atoms with Gasteiger partial charge in [0.05, 0.1) is 12.6 Å². The summed E-state index contributed by atoms with van der Waals surface area (Å²) in [5, 5.41) is 21.8. The number of rotatable bonds is 5. The lowest BCUT2D eigenvalue weighted by Gasteiger charge is -2.28. The van der Waals surface area contributed by atoms with Crippen LogP contribution in [0.3, 0.4) is 0 Å². The van der Waals surface area contributed by atoms with Crippen molar-refractivity contribution in [3.63, 3.8) is 0 Å². The Morgan fingerprint density at radius 2 is 2.04 bits per heavy atom. The van der Waals surface area contributed by atoms with Gasteiger partial charge in [0.25, 0.3) is 0 Å². The molecule has 3 N–H and O–H groups in total. The Bertz CT molecular complexity index is 594. The number of alkyl carbamates (subject to hydrolysis) is 1. The number of amides is 1. The third kappa shape index (κ3) is 4.10. The molecule has 3 rings (SSSR count). The lowest BCUT2D eigenvalue weighted by atomic mass is 10.0. The van der Waals surface area contributed by atoms with Crippen LogP contribution in [0, 0.1) is 0 Å². The summed E-state index contributed by atoms with van der Waals surface area (Å²) in [5.41, 5.74) is 0.853. The lowest BCUT2D eigenvalue weighted by Crippen LogP contribution is -2.52. The Balaban J connectivity index is 1.63. The van der Waals surface area contributed by atoms with Gasteiger partial charge in [-0.3, -0.25) is 0 Å². The monoisotopic (exact) mass is 353 g/mol. The van der Waals surface area contributed by atoms with Crippen LogP contribution in [0.25, 0.3) is 0 Å². The fourth-order valence-corrected chi connectivity index (χ4v) is 3.03. The number of aliphatic hydroxyl groups excluding tert-OH is 2. The van der Waals surface area contributed by atoms with E-state index in [1.54, 1.807) is 13.8 Å². The molecule has 1 amide bonds. The van der Waals surface area contributed by atoms with Crippen molar-refractivity contribution in [3.05, 3.63) is 35.9 Å². The number of benzene rings is 1. The third-order valence-electron chi connectivity index (χ3n) is 4.15. The molecule has 8 nitrogen and oxygen atoms in total. The zero-order valence-electron chi connectivity index (χ0n) is 14.1. The molecule has 2 fully saturated rings. The quantitative estimate of drug-likeness (QED) is 0.708. The van der Waals surface area contributed by atoms with Crippen LogP contribution in [0.5, 0.6) is 0 Å². The smallest absolute Gasteiger partial charge is 0.407 e. The van der Waals surface area contributed by atoms with Gasteiger partial charge in [-0.25, -0.2) is 4.79 Å². The van der Waals surface area contributed by atoms with Crippen LogP contribution in [0.4, 0.5) is 4.79 Å². The number of carbonyl (C=O) groups is 1. The summed E-state index contributed by atoms with van der Waals surface area (Å²) in [6.07, 6.45) is -4.05. The normalized spacial score (nSPS) is 31.4. The molecule has 0 bridgehead atoms. The molecule has 0 radical (unpaired) electrons. The fourth-order valence-electron chi connectivity index (χ4n) is 3.03. The minimum atomic E-state index is -1.18. The predicted octanol–water partition coefficient (Wildman–Crippen LogP) is 0.511. The zero-order chi connectivity index (χ0) is 18.0. The number of hydrogen-bond acceptors (Lipinski definition) is 7. The molecule has 0 spiro atoms. The Morgan fingerprint density at radius 1 is 1.32 bits per heavy atom. The molecule has 8 heteroatoms. The average molecular weight is 353 g/mol. The van der Waals surface area contributed by atoms with E-state index in [1.165, 1.54) is 0 Å². The van der Waals surface area contributed by atoms with Crippen molar-refractivity contribution in [2.75, 3.05) is 6.61 Å². The van der Waals surface area contributed by atoms with E-state index in [1.807, 2.05) is 30.3 Å². The maximum absolute atomic E-state index is 12.1. The van der Waals surface area contributed by atoms with Gasteiger partial charge in [-0.15, -0.1) is 0 Å². The molecule has 0 aliphatic carbocycles. The highest BCUT2D eigenvalue weighted by Crippen LogP contribution is 2.38. The zero-order valence-corrected chi connectivity index (χ0v) is 14.1. The third-order valence-corrected chi connectivity index (χ3v) is 4.15. The minimum Gasteiger partial charge on any atom is -0.445 e. The topological polar surface area (TPSA) is 106 Å². The second kappa shape index (κ2) is 7.27. The second-order valence-corrected chi connectivity index (χ2v) is 6.55. The molecule has 138 valence electrons. The molecule has 0 unspecified atom stereocenters. The minimum absolute atomic E-state index is 0.115. The van der Waals surface area contributed by atoms with E-state index in [-0.39, 0.29) is 6.61 Å². The Morgan fingerprint density at radius 3 is 2.72 bits per heavy atom. The molecule has 1 aromatic rings. The van der Waals surface area contributed by atoms with E-state index >= 15 is 0 Å². The lowest BCUT2D eigenvalue weighted by molar-refractivity contribution is -0.218. The van der Waals surface area contributed by atoms with Crippen LogP contribution >= 0.6 is 0 Å². The van der Waals surface area contributed by atoms with E-state index in [0.29, 0.717) is 0 Å². The Labute approximate surface area is 145 Å². The van der Waals surface area contributed by atoms with Crippen molar-refractivity contribution in [2.45, 2.75) is 56.9 Å². The van der Waals surface area contributed by atoms with Gasteiger partial charge in [-0.2, -0.15) is 0 Å². The first kappa shape index (κ1) is 18.1. The molecule has 0 saturated carbocycles. The Hall–Kier alpha value is -1.71.